The van der Waals surface area contributed by atoms with Gasteiger partial charge in [-0.2, -0.15) is 4.98 Å². The topological polar surface area (TPSA) is 59.2 Å². The van der Waals surface area contributed by atoms with Crippen LogP contribution in [0.1, 0.15) is 47.3 Å². The van der Waals surface area contributed by atoms with E-state index in [1.807, 2.05) is 4.90 Å². The molecule has 0 radical (unpaired) electrons. The first-order chi connectivity index (χ1) is 10.0. The zero-order chi connectivity index (χ0) is 15.0. The molecular formula is C16H19N3O2. The van der Waals surface area contributed by atoms with Crippen molar-refractivity contribution < 1.29 is 9.32 Å². The van der Waals surface area contributed by atoms with Gasteiger partial charge in [-0.15, -0.1) is 0 Å². The molecule has 110 valence electrons. The second-order valence-corrected chi connectivity index (χ2v) is 5.67. The van der Waals surface area contributed by atoms with Crippen molar-refractivity contribution in [2.75, 3.05) is 0 Å². The number of aromatic nitrogens is 2. The maximum absolute atomic E-state index is 12.2. The largest absolute Gasteiger partial charge is 0.337 e. The Bertz CT molecular complexity index is 678. The molecule has 1 fully saturated rings. The van der Waals surface area contributed by atoms with Crippen LogP contribution >= 0.6 is 0 Å². The number of benzene rings is 1. The fourth-order valence-corrected chi connectivity index (χ4v) is 2.74. The van der Waals surface area contributed by atoms with Crippen molar-refractivity contribution in [2.45, 2.75) is 46.2 Å². The van der Waals surface area contributed by atoms with Crippen LogP contribution in [0.25, 0.3) is 0 Å². The minimum absolute atomic E-state index is 0.0969. The molecule has 1 amide bonds. The zero-order valence-corrected chi connectivity index (χ0v) is 12.6. The van der Waals surface area contributed by atoms with Crippen LogP contribution in [0.15, 0.2) is 22.7 Å². The van der Waals surface area contributed by atoms with Crippen LogP contribution in [0.5, 0.6) is 0 Å². The van der Waals surface area contributed by atoms with Crippen LogP contribution < -0.4 is 0 Å². The van der Waals surface area contributed by atoms with E-state index in [9.17, 15) is 4.79 Å². The fraction of sp³-hybridized carbons (Fsp3) is 0.438. The van der Waals surface area contributed by atoms with Gasteiger partial charge in [0, 0.05) is 13.0 Å². The molecule has 1 aromatic carbocycles. The van der Waals surface area contributed by atoms with E-state index in [4.69, 9.17) is 4.52 Å². The van der Waals surface area contributed by atoms with Gasteiger partial charge in [-0.3, -0.25) is 4.79 Å². The Morgan fingerprint density at radius 1 is 1.29 bits per heavy atom. The summed E-state index contributed by atoms with van der Waals surface area (Å²) in [4.78, 5) is 18.3. The van der Waals surface area contributed by atoms with Crippen molar-refractivity contribution >= 4 is 5.91 Å². The number of carbonyl (C=O) groups excluding carboxylic acids is 1. The van der Waals surface area contributed by atoms with Gasteiger partial charge in [0.2, 0.25) is 11.8 Å². The zero-order valence-electron chi connectivity index (χ0n) is 12.6. The lowest BCUT2D eigenvalue weighted by Crippen LogP contribution is -2.27. The third-order valence-corrected chi connectivity index (χ3v) is 4.08. The van der Waals surface area contributed by atoms with E-state index in [1.54, 1.807) is 6.92 Å². The van der Waals surface area contributed by atoms with Crippen LogP contribution in [-0.2, 0) is 11.3 Å². The molecule has 1 aliphatic heterocycles. The van der Waals surface area contributed by atoms with Crippen LogP contribution in [0, 0.1) is 20.8 Å². The number of rotatable bonds is 3. The molecule has 1 unspecified atom stereocenters. The molecule has 1 aromatic heterocycles. The highest BCUT2D eigenvalue weighted by atomic mass is 16.5. The number of carbonyl (C=O) groups is 1. The van der Waals surface area contributed by atoms with E-state index in [0.717, 1.165) is 12.0 Å². The van der Waals surface area contributed by atoms with E-state index in [0.29, 0.717) is 24.7 Å². The first-order valence-corrected chi connectivity index (χ1v) is 7.20. The maximum Gasteiger partial charge on any atom is 0.249 e. The summed E-state index contributed by atoms with van der Waals surface area (Å²) >= 11 is 0. The van der Waals surface area contributed by atoms with Gasteiger partial charge in [0.1, 0.15) is 6.04 Å². The van der Waals surface area contributed by atoms with Crippen molar-refractivity contribution in [1.29, 1.82) is 0 Å². The number of amides is 1. The number of hydrogen-bond acceptors (Lipinski definition) is 4. The predicted molar refractivity (Wildman–Crippen MR) is 77.5 cm³/mol. The molecule has 21 heavy (non-hydrogen) atoms. The van der Waals surface area contributed by atoms with Crippen LogP contribution in [0.3, 0.4) is 0 Å². The van der Waals surface area contributed by atoms with Crippen molar-refractivity contribution in [2.24, 2.45) is 0 Å². The summed E-state index contributed by atoms with van der Waals surface area (Å²) in [6.45, 7) is 6.55. The monoisotopic (exact) mass is 285 g/mol. The van der Waals surface area contributed by atoms with Crippen LogP contribution in [0.2, 0.25) is 0 Å². The van der Waals surface area contributed by atoms with Gasteiger partial charge in [-0.25, -0.2) is 0 Å². The highest BCUT2D eigenvalue weighted by molar-refractivity contribution is 5.78. The SMILES string of the molecule is Cc1noc(C2CCC(=O)N2Cc2ccc(C)c(C)c2)n1. The van der Waals surface area contributed by atoms with Gasteiger partial charge >= 0.3 is 0 Å². The number of nitrogens with zero attached hydrogens (tertiary/aromatic N) is 3. The standard InChI is InChI=1S/C16H19N3O2/c1-10-4-5-13(8-11(10)2)9-19-14(6-7-15(19)20)16-17-12(3)18-21-16/h4-5,8,14H,6-7,9H2,1-3H3. The molecule has 0 aliphatic carbocycles. The van der Waals surface area contributed by atoms with Gasteiger partial charge in [0.05, 0.1) is 0 Å². The van der Waals surface area contributed by atoms with Gasteiger partial charge in [-0.05, 0) is 43.9 Å². The van der Waals surface area contributed by atoms with Crippen molar-refractivity contribution in [3.63, 3.8) is 0 Å². The molecule has 1 atom stereocenters. The van der Waals surface area contributed by atoms with E-state index in [1.165, 1.54) is 11.1 Å². The minimum Gasteiger partial charge on any atom is -0.337 e. The van der Waals surface area contributed by atoms with Gasteiger partial charge in [0.25, 0.3) is 0 Å². The minimum atomic E-state index is -0.0969. The summed E-state index contributed by atoms with van der Waals surface area (Å²) in [5, 5.41) is 3.83. The number of hydrogen-bond donors (Lipinski definition) is 0. The Labute approximate surface area is 124 Å². The molecule has 2 aromatic rings. The first-order valence-electron chi connectivity index (χ1n) is 7.20. The molecule has 0 spiro atoms. The third kappa shape index (κ3) is 2.68. The second-order valence-electron chi connectivity index (χ2n) is 5.67. The summed E-state index contributed by atoms with van der Waals surface area (Å²) < 4.78 is 5.25. The molecule has 5 heteroatoms. The number of aryl methyl sites for hydroxylation is 3. The average Bonchev–Trinajstić information content (AvgIpc) is 3.02. The summed E-state index contributed by atoms with van der Waals surface area (Å²) in [7, 11) is 0. The lowest BCUT2D eigenvalue weighted by atomic mass is 10.1. The normalized spacial score (nSPS) is 18.5. The lowest BCUT2D eigenvalue weighted by Gasteiger charge is -2.22. The molecule has 0 N–H and O–H groups in total. The first kappa shape index (κ1) is 13.8. The number of likely N-dealkylation sites (tertiary alicyclic amines) is 1. The van der Waals surface area contributed by atoms with E-state index < -0.39 is 0 Å². The Hall–Kier alpha value is -2.17. The van der Waals surface area contributed by atoms with E-state index in [-0.39, 0.29) is 11.9 Å². The molecule has 0 bridgehead atoms. The van der Waals surface area contributed by atoms with Gasteiger partial charge in [-0.1, -0.05) is 23.4 Å². The Morgan fingerprint density at radius 2 is 2.10 bits per heavy atom. The molecule has 1 saturated heterocycles. The molecule has 1 aliphatic rings. The molecule has 3 rings (SSSR count). The smallest absolute Gasteiger partial charge is 0.249 e. The third-order valence-electron chi connectivity index (χ3n) is 4.08. The Morgan fingerprint density at radius 3 is 2.76 bits per heavy atom. The highest BCUT2D eigenvalue weighted by Crippen LogP contribution is 2.33. The summed E-state index contributed by atoms with van der Waals surface area (Å²) in [6.07, 6.45) is 1.28. The quantitative estimate of drug-likeness (QED) is 0.870. The van der Waals surface area contributed by atoms with Crippen molar-refractivity contribution in [3.05, 3.63) is 46.6 Å². The van der Waals surface area contributed by atoms with E-state index >= 15 is 0 Å². The van der Waals surface area contributed by atoms with Gasteiger partial charge < -0.3 is 9.42 Å². The Balaban J connectivity index is 1.84. The summed E-state index contributed by atoms with van der Waals surface area (Å²) in [5.41, 5.74) is 3.63. The average molecular weight is 285 g/mol. The predicted octanol–water partition coefficient (Wildman–Crippen LogP) is 2.86. The Kier molecular flexibility index (Phi) is 3.49. The second kappa shape index (κ2) is 5.31. The summed E-state index contributed by atoms with van der Waals surface area (Å²) in [6, 6.07) is 6.21. The molecular weight excluding hydrogens is 266 g/mol. The summed E-state index contributed by atoms with van der Waals surface area (Å²) in [5.74, 6) is 1.30. The van der Waals surface area contributed by atoms with Crippen molar-refractivity contribution in [3.8, 4) is 0 Å². The van der Waals surface area contributed by atoms with Crippen LogP contribution in [-0.4, -0.2) is 20.9 Å². The lowest BCUT2D eigenvalue weighted by molar-refractivity contribution is -0.129. The van der Waals surface area contributed by atoms with E-state index in [2.05, 4.69) is 42.2 Å². The fourth-order valence-electron chi connectivity index (χ4n) is 2.74. The molecule has 5 nitrogen and oxygen atoms in total. The molecule has 2 heterocycles. The molecule has 0 saturated carbocycles. The highest BCUT2D eigenvalue weighted by Gasteiger charge is 2.35. The maximum atomic E-state index is 12.2. The van der Waals surface area contributed by atoms with Crippen molar-refractivity contribution in [1.82, 2.24) is 15.0 Å². The van der Waals surface area contributed by atoms with Crippen LogP contribution in [0.4, 0.5) is 0 Å². The van der Waals surface area contributed by atoms with Gasteiger partial charge in [0.15, 0.2) is 5.82 Å².